The summed E-state index contributed by atoms with van der Waals surface area (Å²) < 4.78 is 0. The quantitative estimate of drug-likeness (QED) is 0.876. The van der Waals surface area contributed by atoms with Gasteiger partial charge in [-0.05, 0) is 18.6 Å². The van der Waals surface area contributed by atoms with Gasteiger partial charge in [0, 0.05) is 13.1 Å². The number of amides is 1. The molecule has 0 spiro atoms. The second-order valence-corrected chi connectivity index (χ2v) is 4.46. The number of rotatable bonds is 2. The number of carboxylic acids is 1. The number of hydrogen-bond acceptors (Lipinski definition) is 2. The molecule has 1 atom stereocenters. The van der Waals surface area contributed by atoms with Gasteiger partial charge in [-0.3, -0.25) is 9.59 Å². The molecule has 0 aromatic heterocycles. The first kappa shape index (κ1) is 11.9. The predicted molar refractivity (Wildman–Crippen MR) is 63.1 cm³/mol. The third-order valence-electron chi connectivity index (χ3n) is 2.93. The number of carbonyl (C=O) groups is 2. The molecule has 1 aromatic rings. The van der Waals surface area contributed by atoms with E-state index in [1.807, 2.05) is 0 Å². The highest BCUT2D eigenvalue weighted by Gasteiger charge is 2.31. The number of benzene rings is 1. The van der Waals surface area contributed by atoms with Crippen molar-refractivity contribution in [1.29, 1.82) is 0 Å². The lowest BCUT2D eigenvalue weighted by Gasteiger charge is -2.16. The fourth-order valence-electron chi connectivity index (χ4n) is 1.95. The number of carboxylic acid groups (broad SMARTS) is 1. The van der Waals surface area contributed by atoms with Crippen molar-refractivity contribution in [2.45, 2.75) is 6.42 Å². The lowest BCUT2D eigenvalue weighted by molar-refractivity contribution is -0.141. The Morgan fingerprint density at radius 2 is 2.06 bits per heavy atom. The van der Waals surface area contributed by atoms with Gasteiger partial charge in [-0.2, -0.15) is 0 Å². The third kappa shape index (κ3) is 2.42. The number of halogens is 1. The van der Waals surface area contributed by atoms with Crippen LogP contribution in [-0.4, -0.2) is 35.0 Å². The molecule has 1 aliphatic rings. The molecule has 1 aromatic carbocycles. The van der Waals surface area contributed by atoms with Crippen LogP contribution in [0.3, 0.4) is 0 Å². The van der Waals surface area contributed by atoms with Crippen LogP contribution in [-0.2, 0) is 4.79 Å². The van der Waals surface area contributed by atoms with Gasteiger partial charge in [0.25, 0.3) is 5.91 Å². The molecule has 4 nitrogen and oxygen atoms in total. The van der Waals surface area contributed by atoms with Gasteiger partial charge in [0.2, 0.25) is 0 Å². The van der Waals surface area contributed by atoms with Crippen LogP contribution in [0.1, 0.15) is 16.8 Å². The Hall–Kier alpha value is -1.55. The highest BCUT2D eigenvalue weighted by atomic mass is 35.5. The molecule has 90 valence electrons. The van der Waals surface area contributed by atoms with Crippen molar-refractivity contribution in [3.63, 3.8) is 0 Å². The van der Waals surface area contributed by atoms with Crippen LogP contribution in [0.25, 0.3) is 0 Å². The SMILES string of the molecule is O=C(O)[C@@H]1CCN(C(=O)c2ccccc2Cl)C1. The molecule has 2 rings (SSSR count). The van der Waals surface area contributed by atoms with Crippen molar-refractivity contribution >= 4 is 23.5 Å². The van der Waals surface area contributed by atoms with E-state index in [1.54, 1.807) is 29.2 Å². The molecule has 0 saturated carbocycles. The van der Waals surface area contributed by atoms with E-state index >= 15 is 0 Å². The number of likely N-dealkylation sites (tertiary alicyclic amines) is 1. The topological polar surface area (TPSA) is 57.6 Å². The smallest absolute Gasteiger partial charge is 0.308 e. The summed E-state index contributed by atoms with van der Waals surface area (Å²) in [6.07, 6.45) is 0.505. The molecule has 17 heavy (non-hydrogen) atoms. The van der Waals surface area contributed by atoms with Crippen LogP contribution in [0.5, 0.6) is 0 Å². The zero-order valence-corrected chi connectivity index (χ0v) is 9.85. The summed E-state index contributed by atoms with van der Waals surface area (Å²) in [5, 5.41) is 9.27. The first-order valence-electron chi connectivity index (χ1n) is 5.36. The summed E-state index contributed by atoms with van der Waals surface area (Å²) >= 11 is 5.93. The second-order valence-electron chi connectivity index (χ2n) is 4.05. The lowest BCUT2D eigenvalue weighted by atomic mass is 10.1. The monoisotopic (exact) mass is 253 g/mol. The van der Waals surface area contributed by atoms with Crippen LogP contribution in [0, 0.1) is 5.92 Å². The summed E-state index contributed by atoms with van der Waals surface area (Å²) in [6, 6.07) is 6.80. The van der Waals surface area contributed by atoms with Gasteiger partial charge in [0.15, 0.2) is 0 Å². The average molecular weight is 254 g/mol. The number of carbonyl (C=O) groups excluding carboxylic acids is 1. The van der Waals surface area contributed by atoms with E-state index in [9.17, 15) is 9.59 Å². The van der Waals surface area contributed by atoms with E-state index in [2.05, 4.69) is 0 Å². The van der Waals surface area contributed by atoms with E-state index in [0.29, 0.717) is 23.6 Å². The molecule has 1 amide bonds. The largest absolute Gasteiger partial charge is 0.481 e. The summed E-state index contributed by atoms with van der Waals surface area (Å²) in [5.41, 5.74) is 0.431. The van der Waals surface area contributed by atoms with Crippen LogP contribution in [0.4, 0.5) is 0 Å². The van der Waals surface area contributed by atoms with Crippen LogP contribution in [0.15, 0.2) is 24.3 Å². The zero-order valence-electron chi connectivity index (χ0n) is 9.10. The van der Waals surface area contributed by atoms with Crippen molar-refractivity contribution in [2.24, 2.45) is 5.92 Å². The minimum atomic E-state index is -0.848. The van der Waals surface area contributed by atoms with Crippen molar-refractivity contribution in [3.05, 3.63) is 34.9 Å². The van der Waals surface area contributed by atoms with Gasteiger partial charge in [0.05, 0.1) is 16.5 Å². The molecule has 1 saturated heterocycles. The molecule has 1 heterocycles. The van der Waals surface area contributed by atoms with Crippen LogP contribution < -0.4 is 0 Å². The van der Waals surface area contributed by atoms with Crippen molar-refractivity contribution in [2.75, 3.05) is 13.1 Å². The normalized spacial score (nSPS) is 19.4. The molecule has 5 heteroatoms. The van der Waals surface area contributed by atoms with E-state index in [-0.39, 0.29) is 12.5 Å². The molecule has 1 fully saturated rings. The standard InChI is InChI=1S/C12H12ClNO3/c13-10-4-2-1-3-9(10)11(15)14-6-5-8(7-14)12(16)17/h1-4,8H,5-7H2,(H,16,17)/t8-/m1/s1. The summed E-state index contributed by atoms with van der Waals surface area (Å²) in [7, 11) is 0. The Morgan fingerprint density at radius 1 is 1.35 bits per heavy atom. The maximum absolute atomic E-state index is 12.1. The van der Waals surface area contributed by atoms with E-state index < -0.39 is 11.9 Å². The maximum Gasteiger partial charge on any atom is 0.308 e. The zero-order chi connectivity index (χ0) is 12.4. The fourth-order valence-corrected chi connectivity index (χ4v) is 2.17. The number of hydrogen-bond donors (Lipinski definition) is 1. The summed E-state index contributed by atoms with van der Waals surface area (Å²) in [6.45, 7) is 0.737. The molecule has 0 bridgehead atoms. The predicted octanol–water partition coefficient (Wildman–Crippen LogP) is 1.89. The summed E-state index contributed by atoms with van der Waals surface area (Å²) in [5.74, 6) is -1.50. The van der Waals surface area contributed by atoms with Crippen LogP contribution in [0.2, 0.25) is 5.02 Å². The molecule has 0 aliphatic carbocycles. The Balaban J connectivity index is 2.13. The highest BCUT2D eigenvalue weighted by Crippen LogP contribution is 2.22. The molecular weight excluding hydrogens is 242 g/mol. The number of nitrogens with zero attached hydrogens (tertiary/aromatic N) is 1. The van der Waals surface area contributed by atoms with Gasteiger partial charge in [0.1, 0.15) is 0 Å². The molecule has 1 N–H and O–H groups in total. The average Bonchev–Trinajstić information content (AvgIpc) is 2.78. The Bertz CT molecular complexity index is 461. The fraction of sp³-hybridized carbons (Fsp3) is 0.333. The van der Waals surface area contributed by atoms with E-state index in [1.165, 1.54) is 0 Å². The van der Waals surface area contributed by atoms with E-state index in [4.69, 9.17) is 16.7 Å². The first-order chi connectivity index (χ1) is 8.09. The number of aliphatic carboxylic acids is 1. The molecule has 1 aliphatic heterocycles. The van der Waals surface area contributed by atoms with Gasteiger partial charge in [-0.15, -0.1) is 0 Å². The van der Waals surface area contributed by atoms with Gasteiger partial charge in [-0.1, -0.05) is 23.7 Å². The van der Waals surface area contributed by atoms with Crippen molar-refractivity contribution < 1.29 is 14.7 Å². The molecule has 0 radical (unpaired) electrons. The van der Waals surface area contributed by atoms with Gasteiger partial charge >= 0.3 is 5.97 Å². The molecule has 0 unspecified atom stereocenters. The van der Waals surface area contributed by atoms with Gasteiger partial charge < -0.3 is 10.0 Å². The summed E-state index contributed by atoms with van der Waals surface area (Å²) in [4.78, 5) is 24.4. The minimum absolute atomic E-state index is 0.195. The Kier molecular flexibility index (Phi) is 3.33. The minimum Gasteiger partial charge on any atom is -0.481 e. The Morgan fingerprint density at radius 3 is 2.65 bits per heavy atom. The highest BCUT2D eigenvalue weighted by molar-refractivity contribution is 6.33. The van der Waals surface area contributed by atoms with Crippen molar-refractivity contribution in [3.8, 4) is 0 Å². The van der Waals surface area contributed by atoms with Gasteiger partial charge in [-0.25, -0.2) is 0 Å². The van der Waals surface area contributed by atoms with Crippen molar-refractivity contribution in [1.82, 2.24) is 4.90 Å². The second kappa shape index (κ2) is 4.75. The van der Waals surface area contributed by atoms with E-state index in [0.717, 1.165) is 0 Å². The third-order valence-corrected chi connectivity index (χ3v) is 3.26. The molecular formula is C12H12ClNO3. The van der Waals surface area contributed by atoms with Crippen LogP contribution >= 0.6 is 11.6 Å². The Labute approximate surface area is 104 Å². The lowest BCUT2D eigenvalue weighted by Crippen LogP contribution is -2.30. The first-order valence-corrected chi connectivity index (χ1v) is 5.74. The maximum atomic E-state index is 12.1.